The van der Waals surface area contributed by atoms with Crippen molar-refractivity contribution in [3.63, 3.8) is 0 Å². The number of hydrogen-bond donors (Lipinski definition) is 4. The molecule has 0 spiro atoms. The minimum Gasteiger partial charge on any atom is -0.481 e. The number of aliphatic hydroxyl groups is 1. The predicted octanol–water partition coefficient (Wildman–Crippen LogP) is -1.39. The van der Waals surface area contributed by atoms with E-state index in [4.69, 9.17) is 20.4 Å². The van der Waals surface area contributed by atoms with Gasteiger partial charge in [-0.05, 0) is 0 Å². The molecule has 4 N–H and O–H groups in total. The van der Waals surface area contributed by atoms with E-state index in [0.29, 0.717) is 0 Å². The predicted molar refractivity (Wildman–Crippen MR) is 37.0 cm³/mol. The number of hydrogen-bond acceptors (Lipinski definition) is 4. The van der Waals surface area contributed by atoms with Crippen LogP contribution in [0.3, 0.4) is 0 Å². The molecule has 13 heavy (non-hydrogen) atoms. The van der Waals surface area contributed by atoms with Crippen molar-refractivity contribution < 1.29 is 34.8 Å². The number of aliphatic carboxylic acids is 3. The number of rotatable bonds is 5. The van der Waals surface area contributed by atoms with Gasteiger partial charge in [0, 0.05) is 0 Å². The lowest BCUT2D eigenvalue weighted by Crippen LogP contribution is -2.36. The summed E-state index contributed by atoms with van der Waals surface area (Å²) in [7, 11) is 0. The maximum absolute atomic E-state index is 10.3. The average molecular weight is 192 g/mol. The molecule has 0 aromatic rings. The molecule has 2 atom stereocenters. The summed E-state index contributed by atoms with van der Waals surface area (Å²) >= 11 is 0. The molecule has 7 heteroatoms. The Bertz CT molecular complexity index is 233. The minimum absolute atomic E-state index is 0.928. The molecule has 0 aliphatic heterocycles. The second kappa shape index (κ2) is 4.41. The zero-order valence-corrected chi connectivity index (χ0v) is 6.38. The van der Waals surface area contributed by atoms with Crippen LogP contribution in [0, 0.1) is 5.92 Å². The summed E-state index contributed by atoms with van der Waals surface area (Å²) in [5.41, 5.74) is 0. The molecule has 1 unspecified atom stereocenters. The zero-order chi connectivity index (χ0) is 10.6. The van der Waals surface area contributed by atoms with Crippen LogP contribution in [0.5, 0.6) is 0 Å². The van der Waals surface area contributed by atoms with Gasteiger partial charge in [-0.1, -0.05) is 0 Å². The van der Waals surface area contributed by atoms with Gasteiger partial charge in [-0.2, -0.15) is 0 Å². The van der Waals surface area contributed by atoms with Crippen LogP contribution in [0.15, 0.2) is 0 Å². The van der Waals surface area contributed by atoms with E-state index in [1.54, 1.807) is 0 Å². The van der Waals surface area contributed by atoms with Gasteiger partial charge in [0.15, 0.2) is 6.10 Å². The lowest BCUT2D eigenvalue weighted by Gasteiger charge is -2.12. The zero-order valence-electron chi connectivity index (χ0n) is 6.38. The number of aliphatic hydroxyl groups excluding tert-OH is 1. The van der Waals surface area contributed by atoms with E-state index >= 15 is 0 Å². The smallest absolute Gasteiger partial charge is 0.333 e. The molecule has 0 saturated heterocycles. The van der Waals surface area contributed by atoms with Gasteiger partial charge in [0.25, 0.3) is 0 Å². The van der Waals surface area contributed by atoms with Crippen molar-refractivity contribution in [2.24, 2.45) is 5.92 Å². The van der Waals surface area contributed by atoms with Crippen LogP contribution < -0.4 is 0 Å². The SMILES string of the molecule is O=C(O)C[C@@H](C(=O)O)C(O)C(=O)O. The molecule has 0 aliphatic carbocycles. The highest BCUT2D eigenvalue weighted by atomic mass is 16.4. The van der Waals surface area contributed by atoms with E-state index in [1.165, 1.54) is 0 Å². The maximum atomic E-state index is 10.3. The summed E-state index contributed by atoms with van der Waals surface area (Å²) < 4.78 is 0. The standard InChI is InChI=1S/C6H8O7/c7-3(8)1-2(5(10)11)4(9)6(12)13/h2,4,9H,1H2,(H,7,8)(H,10,11)(H,12,13)/t2-,4?/m1/s1. The number of carboxylic acids is 3. The Morgan fingerprint density at radius 2 is 1.46 bits per heavy atom. The first-order valence-corrected chi connectivity index (χ1v) is 3.21. The van der Waals surface area contributed by atoms with Crippen molar-refractivity contribution >= 4 is 17.9 Å². The minimum atomic E-state index is -2.20. The molecule has 7 nitrogen and oxygen atoms in total. The van der Waals surface area contributed by atoms with Crippen molar-refractivity contribution in [2.75, 3.05) is 0 Å². The topological polar surface area (TPSA) is 132 Å². The normalized spacial score (nSPS) is 14.5. The quantitative estimate of drug-likeness (QED) is 0.421. The Labute approximate surface area is 72.2 Å². The Morgan fingerprint density at radius 1 is 1.00 bits per heavy atom. The highest BCUT2D eigenvalue weighted by molar-refractivity contribution is 5.85. The van der Waals surface area contributed by atoms with Crippen molar-refractivity contribution in [3.8, 4) is 0 Å². The molecule has 74 valence electrons. The number of carboxylic acid groups (broad SMARTS) is 3. The molecule has 0 fully saturated rings. The third-order valence-electron chi connectivity index (χ3n) is 1.35. The van der Waals surface area contributed by atoms with Crippen molar-refractivity contribution in [1.82, 2.24) is 0 Å². The molecule has 0 aliphatic rings. The van der Waals surface area contributed by atoms with Crippen molar-refractivity contribution in [1.29, 1.82) is 0 Å². The number of carbonyl (C=O) groups is 3. The van der Waals surface area contributed by atoms with E-state index in [-0.39, 0.29) is 0 Å². The fourth-order valence-electron chi connectivity index (χ4n) is 0.694. The van der Waals surface area contributed by atoms with Gasteiger partial charge in [0.2, 0.25) is 0 Å². The van der Waals surface area contributed by atoms with E-state index in [0.717, 1.165) is 0 Å². The van der Waals surface area contributed by atoms with E-state index in [2.05, 4.69) is 0 Å². The summed E-state index contributed by atoms with van der Waals surface area (Å²) in [4.78, 5) is 30.5. The summed E-state index contributed by atoms with van der Waals surface area (Å²) in [6.07, 6.45) is -3.13. The van der Waals surface area contributed by atoms with Crippen LogP contribution in [0.4, 0.5) is 0 Å². The van der Waals surface area contributed by atoms with E-state index < -0.39 is 36.4 Å². The fourth-order valence-corrected chi connectivity index (χ4v) is 0.694. The summed E-state index contributed by atoms with van der Waals surface area (Å²) in [6.45, 7) is 0. The summed E-state index contributed by atoms with van der Waals surface area (Å²) in [5, 5.41) is 33.5. The summed E-state index contributed by atoms with van der Waals surface area (Å²) in [6, 6.07) is 0. The van der Waals surface area contributed by atoms with Crippen LogP contribution in [0.1, 0.15) is 6.42 Å². The maximum Gasteiger partial charge on any atom is 0.333 e. The van der Waals surface area contributed by atoms with Crippen LogP contribution in [-0.4, -0.2) is 44.4 Å². The third-order valence-corrected chi connectivity index (χ3v) is 1.35. The highest BCUT2D eigenvalue weighted by Crippen LogP contribution is 2.09. The van der Waals surface area contributed by atoms with E-state index in [1.807, 2.05) is 0 Å². The first kappa shape index (κ1) is 11.4. The molecule has 0 radical (unpaired) electrons. The lowest BCUT2D eigenvalue weighted by molar-refractivity contribution is -0.162. The third kappa shape index (κ3) is 3.52. The molecule has 0 rings (SSSR count). The monoisotopic (exact) mass is 192 g/mol. The van der Waals surface area contributed by atoms with Gasteiger partial charge in [-0.15, -0.1) is 0 Å². The highest BCUT2D eigenvalue weighted by Gasteiger charge is 2.33. The van der Waals surface area contributed by atoms with Gasteiger partial charge in [0.1, 0.15) is 5.92 Å². The fraction of sp³-hybridized carbons (Fsp3) is 0.500. The Morgan fingerprint density at radius 3 is 1.69 bits per heavy atom. The van der Waals surface area contributed by atoms with E-state index in [9.17, 15) is 14.4 Å². The Balaban J connectivity index is 4.51. The van der Waals surface area contributed by atoms with Gasteiger partial charge < -0.3 is 20.4 Å². The van der Waals surface area contributed by atoms with Crippen LogP contribution >= 0.6 is 0 Å². The van der Waals surface area contributed by atoms with Gasteiger partial charge in [-0.25, -0.2) is 4.79 Å². The second-order valence-electron chi connectivity index (χ2n) is 2.33. The molecule has 0 amide bonds. The van der Waals surface area contributed by atoms with Crippen molar-refractivity contribution in [3.05, 3.63) is 0 Å². The molecule has 0 saturated carbocycles. The molecular formula is C6H8O7. The van der Waals surface area contributed by atoms with Gasteiger partial charge >= 0.3 is 17.9 Å². The van der Waals surface area contributed by atoms with Gasteiger partial charge in [0.05, 0.1) is 6.42 Å². The molecular weight excluding hydrogens is 184 g/mol. The largest absolute Gasteiger partial charge is 0.481 e. The molecule has 0 aromatic heterocycles. The summed E-state index contributed by atoms with van der Waals surface area (Å²) in [5.74, 6) is -6.71. The Hall–Kier alpha value is -1.63. The van der Waals surface area contributed by atoms with Crippen LogP contribution in [0.25, 0.3) is 0 Å². The lowest BCUT2D eigenvalue weighted by atomic mass is 9.99. The van der Waals surface area contributed by atoms with Gasteiger partial charge in [-0.3, -0.25) is 9.59 Å². The second-order valence-corrected chi connectivity index (χ2v) is 2.33. The first-order valence-electron chi connectivity index (χ1n) is 3.21. The molecule has 0 heterocycles. The first-order chi connectivity index (χ1) is 5.86. The Kier molecular flexibility index (Phi) is 3.86. The van der Waals surface area contributed by atoms with Crippen LogP contribution in [0.2, 0.25) is 0 Å². The van der Waals surface area contributed by atoms with Crippen molar-refractivity contribution in [2.45, 2.75) is 12.5 Å². The average Bonchev–Trinajstić information content (AvgIpc) is 1.97. The van der Waals surface area contributed by atoms with Crippen LogP contribution in [-0.2, 0) is 14.4 Å². The molecule has 0 aromatic carbocycles. The molecule has 0 bridgehead atoms.